The first-order valence-corrected chi connectivity index (χ1v) is 3.83. The quantitative estimate of drug-likeness (QED) is 0.559. The van der Waals surface area contributed by atoms with Crippen molar-refractivity contribution in [2.24, 2.45) is 11.8 Å². The van der Waals surface area contributed by atoms with Crippen molar-refractivity contribution in [3.05, 3.63) is 0 Å². The monoisotopic (exact) mass is 142 g/mol. The Morgan fingerprint density at radius 2 is 2.10 bits per heavy atom. The van der Waals surface area contributed by atoms with E-state index in [1.54, 1.807) is 0 Å². The fraction of sp³-hybridized carbons (Fsp3) is 0.875. The van der Waals surface area contributed by atoms with Crippen LogP contribution >= 0.6 is 0 Å². The lowest BCUT2D eigenvalue weighted by molar-refractivity contribution is -0.140. The molecule has 1 rings (SSSR count). The van der Waals surface area contributed by atoms with Crippen molar-refractivity contribution in [2.45, 2.75) is 32.8 Å². The lowest BCUT2D eigenvalue weighted by atomic mass is 9.75. The van der Waals surface area contributed by atoms with Crippen LogP contribution in [-0.2, 0) is 9.53 Å². The minimum atomic E-state index is 0.227. The molecule has 0 aliphatic heterocycles. The first-order chi connectivity index (χ1) is 4.74. The van der Waals surface area contributed by atoms with Gasteiger partial charge in [-0.05, 0) is 24.7 Å². The van der Waals surface area contributed by atoms with Gasteiger partial charge in [-0.3, -0.25) is 4.79 Å². The van der Waals surface area contributed by atoms with Gasteiger partial charge in [0.2, 0.25) is 0 Å². The van der Waals surface area contributed by atoms with Crippen LogP contribution in [-0.4, -0.2) is 12.6 Å². The summed E-state index contributed by atoms with van der Waals surface area (Å²) in [6.45, 7) is 4.98. The number of carbonyl (C=O) groups is 1. The molecule has 1 fully saturated rings. The van der Waals surface area contributed by atoms with Crippen LogP contribution in [0.25, 0.3) is 0 Å². The average molecular weight is 142 g/mol. The Morgan fingerprint density at radius 1 is 1.50 bits per heavy atom. The molecule has 58 valence electrons. The van der Waals surface area contributed by atoms with Crippen molar-refractivity contribution in [2.75, 3.05) is 0 Å². The summed E-state index contributed by atoms with van der Waals surface area (Å²) < 4.78 is 4.78. The highest BCUT2D eigenvalue weighted by Crippen LogP contribution is 2.34. The van der Waals surface area contributed by atoms with Crippen LogP contribution in [0, 0.1) is 11.8 Å². The zero-order valence-corrected chi connectivity index (χ0v) is 6.54. The van der Waals surface area contributed by atoms with Crippen molar-refractivity contribution in [3.8, 4) is 0 Å². The molecule has 0 heterocycles. The Morgan fingerprint density at radius 3 is 2.50 bits per heavy atom. The molecule has 0 saturated heterocycles. The molecule has 1 aliphatic rings. The molecule has 1 saturated carbocycles. The number of hydrogen-bond donors (Lipinski definition) is 0. The Bertz CT molecular complexity index is 114. The molecule has 10 heavy (non-hydrogen) atoms. The molecule has 0 aromatic heterocycles. The summed E-state index contributed by atoms with van der Waals surface area (Å²) in [7, 11) is 0. The minimum absolute atomic E-state index is 0.227. The van der Waals surface area contributed by atoms with E-state index in [1.165, 1.54) is 0 Å². The largest absolute Gasteiger partial charge is 0.465 e. The molecule has 2 heteroatoms. The second-order valence-electron chi connectivity index (χ2n) is 3.33. The van der Waals surface area contributed by atoms with Crippen molar-refractivity contribution < 1.29 is 9.53 Å². The van der Waals surface area contributed by atoms with Gasteiger partial charge in [-0.15, -0.1) is 0 Å². The Kier molecular flexibility index (Phi) is 2.30. The second-order valence-corrected chi connectivity index (χ2v) is 3.33. The van der Waals surface area contributed by atoms with E-state index in [0.29, 0.717) is 6.47 Å². The zero-order valence-electron chi connectivity index (χ0n) is 6.54. The molecule has 2 nitrogen and oxygen atoms in total. The molecule has 0 aromatic carbocycles. The first kappa shape index (κ1) is 7.58. The third-order valence-corrected chi connectivity index (χ3v) is 2.32. The number of rotatable bonds is 3. The van der Waals surface area contributed by atoms with Crippen LogP contribution in [0.4, 0.5) is 0 Å². The third-order valence-electron chi connectivity index (χ3n) is 2.32. The maximum absolute atomic E-state index is 9.86. The SMILES string of the molecule is CC(C)C1CC(OC=O)C1. The molecule has 0 spiro atoms. The van der Waals surface area contributed by atoms with Crippen LogP contribution in [0.3, 0.4) is 0 Å². The molecular formula is C8H14O2. The molecule has 0 amide bonds. The zero-order chi connectivity index (χ0) is 7.56. The highest BCUT2D eigenvalue weighted by atomic mass is 16.5. The van der Waals surface area contributed by atoms with Crippen molar-refractivity contribution in [1.82, 2.24) is 0 Å². The summed E-state index contributed by atoms with van der Waals surface area (Å²) in [5, 5.41) is 0. The smallest absolute Gasteiger partial charge is 0.293 e. The van der Waals surface area contributed by atoms with Crippen LogP contribution < -0.4 is 0 Å². The molecule has 1 aliphatic carbocycles. The summed E-state index contributed by atoms with van der Waals surface area (Å²) in [5.74, 6) is 1.52. The van der Waals surface area contributed by atoms with Crippen LogP contribution in [0.1, 0.15) is 26.7 Å². The molecule has 0 atom stereocenters. The maximum atomic E-state index is 9.86. The standard InChI is InChI=1S/C8H14O2/c1-6(2)7-3-8(4-7)10-5-9/h5-8H,3-4H2,1-2H3. The Hall–Kier alpha value is -0.530. The van der Waals surface area contributed by atoms with Gasteiger partial charge in [0, 0.05) is 0 Å². The predicted molar refractivity (Wildman–Crippen MR) is 38.5 cm³/mol. The van der Waals surface area contributed by atoms with Gasteiger partial charge < -0.3 is 4.74 Å². The van der Waals surface area contributed by atoms with Gasteiger partial charge >= 0.3 is 0 Å². The summed E-state index contributed by atoms with van der Waals surface area (Å²) in [6, 6.07) is 0. The van der Waals surface area contributed by atoms with Crippen LogP contribution in [0.2, 0.25) is 0 Å². The predicted octanol–water partition coefficient (Wildman–Crippen LogP) is 1.59. The molecule has 0 bridgehead atoms. The number of hydrogen-bond acceptors (Lipinski definition) is 2. The fourth-order valence-corrected chi connectivity index (χ4v) is 1.34. The first-order valence-electron chi connectivity index (χ1n) is 3.83. The van der Waals surface area contributed by atoms with E-state index >= 15 is 0 Å². The van der Waals surface area contributed by atoms with Crippen molar-refractivity contribution in [1.29, 1.82) is 0 Å². The number of carbonyl (C=O) groups excluding carboxylic acids is 1. The lowest BCUT2D eigenvalue weighted by Gasteiger charge is -2.36. The topological polar surface area (TPSA) is 26.3 Å². The van der Waals surface area contributed by atoms with E-state index in [-0.39, 0.29) is 6.10 Å². The summed E-state index contributed by atoms with van der Waals surface area (Å²) in [6.07, 6.45) is 2.36. The van der Waals surface area contributed by atoms with Crippen molar-refractivity contribution >= 4 is 6.47 Å². The molecule has 0 N–H and O–H groups in total. The normalized spacial score (nSPS) is 31.5. The van der Waals surface area contributed by atoms with Crippen LogP contribution in [0.15, 0.2) is 0 Å². The summed E-state index contributed by atoms with van der Waals surface area (Å²) >= 11 is 0. The van der Waals surface area contributed by atoms with Gasteiger partial charge in [0.25, 0.3) is 6.47 Å². The van der Waals surface area contributed by atoms with Gasteiger partial charge in [-0.2, -0.15) is 0 Å². The van der Waals surface area contributed by atoms with E-state index in [9.17, 15) is 4.79 Å². The highest BCUT2D eigenvalue weighted by Gasteiger charge is 2.32. The minimum Gasteiger partial charge on any atom is -0.465 e. The molecular weight excluding hydrogens is 128 g/mol. The van der Waals surface area contributed by atoms with Gasteiger partial charge in [0.05, 0.1) is 0 Å². The van der Waals surface area contributed by atoms with E-state index in [1.807, 2.05) is 0 Å². The lowest BCUT2D eigenvalue weighted by Crippen LogP contribution is -2.33. The average Bonchev–Trinajstić information content (AvgIpc) is 1.76. The summed E-state index contributed by atoms with van der Waals surface area (Å²) in [4.78, 5) is 9.86. The highest BCUT2D eigenvalue weighted by molar-refractivity contribution is 5.37. The maximum Gasteiger partial charge on any atom is 0.293 e. The van der Waals surface area contributed by atoms with E-state index in [0.717, 1.165) is 24.7 Å². The van der Waals surface area contributed by atoms with Gasteiger partial charge in [-0.25, -0.2) is 0 Å². The molecule has 0 aromatic rings. The Labute approximate surface area is 61.6 Å². The van der Waals surface area contributed by atoms with Gasteiger partial charge in [-0.1, -0.05) is 13.8 Å². The summed E-state index contributed by atoms with van der Waals surface area (Å²) in [5.41, 5.74) is 0. The Balaban J connectivity index is 2.11. The fourth-order valence-electron chi connectivity index (χ4n) is 1.34. The second kappa shape index (κ2) is 3.04. The molecule has 0 unspecified atom stereocenters. The third kappa shape index (κ3) is 1.49. The van der Waals surface area contributed by atoms with Gasteiger partial charge in [0.1, 0.15) is 6.10 Å². The molecule has 0 radical (unpaired) electrons. The van der Waals surface area contributed by atoms with Gasteiger partial charge in [0.15, 0.2) is 0 Å². The van der Waals surface area contributed by atoms with E-state index in [4.69, 9.17) is 4.74 Å². The van der Waals surface area contributed by atoms with Crippen LogP contribution in [0.5, 0.6) is 0 Å². The number of ether oxygens (including phenoxy) is 1. The van der Waals surface area contributed by atoms with Crippen molar-refractivity contribution in [3.63, 3.8) is 0 Å². The van der Waals surface area contributed by atoms with E-state index < -0.39 is 0 Å². The van der Waals surface area contributed by atoms with E-state index in [2.05, 4.69) is 13.8 Å².